The molecule has 0 amide bonds. The Morgan fingerprint density at radius 2 is 2.05 bits per heavy atom. The van der Waals surface area contributed by atoms with Gasteiger partial charge in [0.1, 0.15) is 0 Å². The van der Waals surface area contributed by atoms with Gasteiger partial charge in [-0.15, -0.1) is 0 Å². The molecule has 0 aromatic heterocycles. The molecule has 2 atom stereocenters. The van der Waals surface area contributed by atoms with Crippen LogP contribution in [0.15, 0.2) is 32.3 Å². The SMILES string of the molecule is CC1=NC(C(C)C)C2CC3=C4C(=NC3)CCCC4=C2C1. The number of fused-ring (bicyclic) bond motifs is 1. The van der Waals surface area contributed by atoms with Gasteiger partial charge < -0.3 is 0 Å². The predicted octanol–water partition coefficient (Wildman–Crippen LogP) is 4.13. The van der Waals surface area contributed by atoms with E-state index in [2.05, 4.69) is 20.8 Å². The summed E-state index contributed by atoms with van der Waals surface area (Å²) in [4.78, 5) is 9.83. The Bertz CT molecular complexity index is 587. The van der Waals surface area contributed by atoms with Crippen molar-refractivity contribution in [3.8, 4) is 0 Å². The molecule has 4 aliphatic rings. The third-order valence-corrected chi connectivity index (χ3v) is 5.46. The summed E-state index contributed by atoms with van der Waals surface area (Å²) < 4.78 is 0. The van der Waals surface area contributed by atoms with Gasteiger partial charge in [0.25, 0.3) is 0 Å². The summed E-state index contributed by atoms with van der Waals surface area (Å²) in [5.74, 6) is 1.30. The Hall–Kier alpha value is -1.18. The molecule has 2 aliphatic carbocycles. The molecule has 2 unspecified atom stereocenters. The summed E-state index contributed by atoms with van der Waals surface area (Å²) in [6.45, 7) is 7.85. The minimum Gasteiger partial charge on any atom is -0.290 e. The fourth-order valence-corrected chi connectivity index (χ4v) is 4.65. The molecule has 2 nitrogen and oxygen atoms in total. The number of hydrogen-bond acceptors (Lipinski definition) is 2. The van der Waals surface area contributed by atoms with Gasteiger partial charge >= 0.3 is 0 Å². The second kappa shape index (κ2) is 4.41. The van der Waals surface area contributed by atoms with Gasteiger partial charge in [-0.25, -0.2) is 0 Å². The van der Waals surface area contributed by atoms with Crippen LogP contribution >= 0.6 is 0 Å². The molecule has 2 aliphatic heterocycles. The van der Waals surface area contributed by atoms with E-state index in [0.717, 1.165) is 13.0 Å². The lowest BCUT2D eigenvalue weighted by Crippen LogP contribution is -2.35. The van der Waals surface area contributed by atoms with Gasteiger partial charge in [-0.1, -0.05) is 19.4 Å². The molecule has 20 heavy (non-hydrogen) atoms. The molecule has 2 heteroatoms. The Labute approximate surface area is 121 Å². The van der Waals surface area contributed by atoms with Crippen LogP contribution in [0.1, 0.15) is 52.9 Å². The van der Waals surface area contributed by atoms with E-state index in [0.29, 0.717) is 17.9 Å². The zero-order chi connectivity index (χ0) is 13.9. The average Bonchev–Trinajstić information content (AvgIpc) is 2.84. The standard InChI is InChI=1S/C18H24N2/c1-10(2)18-15-8-12-9-19-16-6-4-5-13(17(12)16)14(15)7-11(3)20-18/h10,15,18H,4-9H2,1-3H3. The van der Waals surface area contributed by atoms with Crippen LogP contribution in [0.25, 0.3) is 0 Å². The first-order valence-electron chi connectivity index (χ1n) is 8.16. The van der Waals surface area contributed by atoms with Crippen molar-refractivity contribution in [3.63, 3.8) is 0 Å². The molecule has 0 N–H and O–H groups in total. The van der Waals surface area contributed by atoms with Crippen molar-refractivity contribution >= 4 is 11.4 Å². The first-order valence-corrected chi connectivity index (χ1v) is 8.16. The third kappa shape index (κ3) is 1.70. The summed E-state index contributed by atoms with van der Waals surface area (Å²) in [5, 5.41) is 0. The van der Waals surface area contributed by atoms with Crippen molar-refractivity contribution < 1.29 is 0 Å². The van der Waals surface area contributed by atoms with E-state index in [4.69, 9.17) is 9.98 Å². The van der Waals surface area contributed by atoms with E-state index >= 15 is 0 Å². The molecule has 2 heterocycles. The van der Waals surface area contributed by atoms with Gasteiger partial charge in [0, 0.05) is 23.8 Å². The zero-order valence-corrected chi connectivity index (χ0v) is 12.9. The van der Waals surface area contributed by atoms with Gasteiger partial charge in [-0.05, 0) is 55.2 Å². The van der Waals surface area contributed by atoms with Crippen LogP contribution in [-0.4, -0.2) is 24.0 Å². The summed E-state index contributed by atoms with van der Waals surface area (Å²) in [6, 6.07) is 0.492. The lowest BCUT2D eigenvalue weighted by molar-refractivity contribution is 0.360. The van der Waals surface area contributed by atoms with E-state index in [1.807, 2.05) is 0 Å². The molecular weight excluding hydrogens is 244 g/mol. The maximum absolute atomic E-state index is 5.01. The molecule has 106 valence electrons. The lowest BCUT2D eigenvalue weighted by Gasteiger charge is -2.40. The second-order valence-electron chi connectivity index (χ2n) is 7.19. The van der Waals surface area contributed by atoms with Gasteiger partial charge in [0.2, 0.25) is 0 Å². The molecule has 0 aromatic carbocycles. The maximum Gasteiger partial charge on any atom is 0.0612 e. The van der Waals surface area contributed by atoms with Gasteiger partial charge in [-0.2, -0.15) is 0 Å². The quantitative estimate of drug-likeness (QED) is 0.683. The molecule has 0 bridgehead atoms. The molecule has 1 saturated carbocycles. The fourth-order valence-electron chi connectivity index (χ4n) is 4.65. The molecule has 1 fully saturated rings. The van der Waals surface area contributed by atoms with Crippen molar-refractivity contribution in [1.82, 2.24) is 0 Å². The summed E-state index contributed by atoms with van der Waals surface area (Å²) >= 11 is 0. The van der Waals surface area contributed by atoms with E-state index in [1.54, 1.807) is 22.3 Å². The summed E-state index contributed by atoms with van der Waals surface area (Å²) in [6.07, 6.45) is 6.13. The van der Waals surface area contributed by atoms with Crippen LogP contribution in [0.5, 0.6) is 0 Å². The van der Waals surface area contributed by atoms with Crippen molar-refractivity contribution in [2.24, 2.45) is 21.8 Å². The second-order valence-corrected chi connectivity index (χ2v) is 7.19. The maximum atomic E-state index is 5.01. The minimum atomic E-state index is 0.492. The average molecular weight is 268 g/mol. The number of aliphatic imine (C=N–C) groups is 2. The van der Waals surface area contributed by atoms with Crippen molar-refractivity contribution in [1.29, 1.82) is 0 Å². The van der Waals surface area contributed by atoms with Crippen LogP contribution in [0.2, 0.25) is 0 Å². The van der Waals surface area contributed by atoms with Crippen LogP contribution < -0.4 is 0 Å². The van der Waals surface area contributed by atoms with E-state index < -0.39 is 0 Å². The highest BCUT2D eigenvalue weighted by molar-refractivity contribution is 6.08. The van der Waals surface area contributed by atoms with E-state index in [-0.39, 0.29) is 0 Å². The summed E-state index contributed by atoms with van der Waals surface area (Å²) in [7, 11) is 0. The highest BCUT2D eigenvalue weighted by Crippen LogP contribution is 2.48. The third-order valence-electron chi connectivity index (χ3n) is 5.46. The molecule has 0 radical (unpaired) electrons. The highest BCUT2D eigenvalue weighted by Gasteiger charge is 2.40. The number of allylic oxidation sites excluding steroid dienone is 2. The van der Waals surface area contributed by atoms with Crippen molar-refractivity contribution in [2.75, 3.05) is 6.54 Å². The normalized spacial score (nSPS) is 32.2. The Morgan fingerprint density at radius 3 is 2.85 bits per heavy atom. The van der Waals surface area contributed by atoms with Crippen LogP contribution in [0, 0.1) is 11.8 Å². The molecule has 0 saturated heterocycles. The van der Waals surface area contributed by atoms with Crippen molar-refractivity contribution in [3.05, 3.63) is 22.3 Å². The topological polar surface area (TPSA) is 24.7 Å². The zero-order valence-electron chi connectivity index (χ0n) is 12.9. The van der Waals surface area contributed by atoms with Crippen LogP contribution in [-0.2, 0) is 0 Å². The van der Waals surface area contributed by atoms with Gasteiger partial charge in [0.15, 0.2) is 0 Å². The lowest BCUT2D eigenvalue weighted by atomic mass is 9.67. The first kappa shape index (κ1) is 12.6. The fraction of sp³-hybridized carbons (Fsp3) is 0.667. The Balaban J connectivity index is 1.83. The van der Waals surface area contributed by atoms with E-state index in [9.17, 15) is 0 Å². The predicted molar refractivity (Wildman–Crippen MR) is 84.7 cm³/mol. The summed E-state index contributed by atoms with van der Waals surface area (Å²) in [5.41, 5.74) is 9.40. The smallest absolute Gasteiger partial charge is 0.0612 e. The van der Waals surface area contributed by atoms with Crippen LogP contribution in [0.3, 0.4) is 0 Å². The van der Waals surface area contributed by atoms with Gasteiger partial charge in [-0.3, -0.25) is 9.98 Å². The molecule has 0 aromatic rings. The Morgan fingerprint density at radius 1 is 1.20 bits per heavy atom. The number of hydrogen-bond donors (Lipinski definition) is 0. The number of nitrogens with zero attached hydrogens (tertiary/aromatic N) is 2. The van der Waals surface area contributed by atoms with Crippen LogP contribution in [0.4, 0.5) is 0 Å². The van der Waals surface area contributed by atoms with Crippen molar-refractivity contribution in [2.45, 2.75) is 58.9 Å². The minimum absolute atomic E-state index is 0.492. The highest BCUT2D eigenvalue weighted by atomic mass is 14.9. The van der Waals surface area contributed by atoms with Gasteiger partial charge in [0.05, 0.1) is 12.6 Å². The first-order chi connectivity index (χ1) is 9.65. The molecule has 4 rings (SSSR count). The molecular formula is C18H24N2. The molecule has 0 spiro atoms. The number of rotatable bonds is 1. The Kier molecular flexibility index (Phi) is 2.77. The largest absolute Gasteiger partial charge is 0.290 e. The monoisotopic (exact) mass is 268 g/mol. The van der Waals surface area contributed by atoms with E-state index in [1.165, 1.54) is 37.1 Å².